The molecule has 0 fully saturated rings. The van der Waals surface area contributed by atoms with E-state index < -0.39 is 0 Å². The molecule has 1 aliphatic heterocycles. The minimum absolute atomic E-state index is 0.485. The molecule has 0 saturated carbocycles. The van der Waals surface area contributed by atoms with Gasteiger partial charge in [0.2, 0.25) is 0 Å². The number of benzene rings is 6. The van der Waals surface area contributed by atoms with E-state index in [1.807, 2.05) is 0 Å². The Kier molecular flexibility index (Phi) is 6.04. The molecule has 0 saturated heterocycles. The molecule has 0 N–H and O–H groups in total. The predicted octanol–water partition coefficient (Wildman–Crippen LogP) is 5.41. The van der Waals surface area contributed by atoms with Crippen LogP contribution in [0.1, 0.15) is 50.7 Å². The normalized spacial score (nSPS) is 13.8. The van der Waals surface area contributed by atoms with Crippen molar-refractivity contribution < 1.29 is 0 Å². The lowest BCUT2D eigenvalue weighted by Gasteiger charge is -2.20. The summed E-state index contributed by atoms with van der Waals surface area (Å²) < 4.78 is 0. The van der Waals surface area contributed by atoms with Crippen molar-refractivity contribution in [2.24, 2.45) is 0 Å². The van der Waals surface area contributed by atoms with Crippen LogP contribution in [0.15, 0.2) is 84.9 Å². The summed E-state index contributed by atoms with van der Waals surface area (Å²) in [4.78, 5) is 0. The largest absolute Gasteiger partial charge is 0.0720 e. The Labute approximate surface area is 234 Å². The highest BCUT2D eigenvalue weighted by atomic mass is 29.1. The molecule has 0 atom stereocenters. The van der Waals surface area contributed by atoms with E-state index in [1.165, 1.54) is 75.0 Å². The quantitative estimate of drug-likeness (QED) is 0.201. The van der Waals surface area contributed by atoms with Crippen molar-refractivity contribution in [1.82, 2.24) is 0 Å². The van der Waals surface area contributed by atoms with E-state index in [2.05, 4.69) is 113 Å². The van der Waals surface area contributed by atoms with Gasteiger partial charge in [-0.15, -0.1) is 0 Å². The average molecular weight is 549 g/mol. The molecule has 180 valence electrons. The van der Waals surface area contributed by atoms with Gasteiger partial charge in [-0.2, -0.15) is 0 Å². The summed E-state index contributed by atoms with van der Waals surface area (Å²) in [7, 11) is 3.09. The van der Waals surface area contributed by atoms with Crippen LogP contribution in [0.2, 0.25) is 0 Å². The number of hydrogen-bond acceptors (Lipinski definition) is 0. The summed E-state index contributed by atoms with van der Waals surface area (Å²) in [6.45, 7) is 9.45. The second-order valence-electron chi connectivity index (χ2n) is 11.0. The second-order valence-corrected chi connectivity index (χ2v) is 17.1. The Balaban J connectivity index is 1.57. The Hall–Kier alpha value is -2.77. The van der Waals surface area contributed by atoms with Crippen molar-refractivity contribution in [2.45, 2.75) is 39.5 Å². The molecule has 0 unspecified atom stereocenters. The Morgan fingerprint density at radius 3 is 0.868 bits per heavy atom. The molecule has 0 nitrogen and oxygen atoms in total. The van der Waals surface area contributed by atoms with Crippen molar-refractivity contribution >= 4 is 100.0 Å². The van der Waals surface area contributed by atoms with Gasteiger partial charge in [0.05, 0.1) is 36.1 Å². The van der Waals surface area contributed by atoms with Gasteiger partial charge in [-0.25, -0.2) is 0 Å². The number of rotatable bonds is 2. The standard InChI is InChI=1S/C34H28Si4/c1-19(2)33-21-9-5-13-29-25(21)17-26-22(33)10-6-14-30(26)36-38-32-16-8-12-24-28(32)18-27-23(34(24)20(3)4)11-7-15-31(27)37-35-29/h5-20H,1-4H3. The van der Waals surface area contributed by atoms with E-state index in [1.54, 1.807) is 0 Å². The molecule has 0 spiro atoms. The molecule has 0 aromatic heterocycles. The molecule has 8 radical (unpaired) electrons. The van der Waals surface area contributed by atoms with Crippen LogP contribution in [0.25, 0.3) is 43.1 Å². The monoisotopic (exact) mass is 548 g/mol. The molecule has 7 rings (SSSR count). The maximum Gasteiger partial charge on any atom is 0.0720 e. The van der Waals surface area contributed by atoms with Crippen molar-refractivity contribution in [1.29, 1.82) is 0 Å². The van der Waals surface area contributed by atoms with Crippen molar-refractivity contribution in [3.8, 4) is 0 Å². The summed E-state index contributed by atoms with van der Waals surface area (Å²) in [6, 6.07) is 33.3. The lowest BCUT2D eigenvalue weighted by Crippen LogP contribution is -2.33. The van der Waals surface area contributed by atoms with E-state index in [4.69, 9.17) is 0 Å². The first-order valence-corrected chi connectivity index (χ1v) is 19.5. The summed E-state index contributed by atoms with van der Waals surface area (Å²) in [6.07, 6.45) is 0. The Bertz CT molecular complexity index is 1620. The van der Waals surface area contributed by atoms with E-state index in [9.17, 15) is 0 Å². The van der Waals surface area contributed by atoms with E-state index >= 15 is 0 Å². The van der Waals surface area contributed by atoms with Crippen LogP contribution in [0.3, 0.4) is 0 Å². The molecule has 0 aliphatic carbocycles. The third-order valence-corrected chi connectivity index (χ3v) is 15.0. The highest BCUT2D eigenvalue weighted by molar-refractivity contribution is 7.15. The van der Waals surface area contributed by atoms with Crippen LogP contribution < -0.4 is 20.7 Å². The molecule has 1 heterocycles. The van der Waals surface area contributed by atoms with Gasteiger partial charge >= 0.3 is 0 Å². The zero-order valence-electron chi connectivity index (χ0n) is 22.2. The molecule has 4 bridgehead atoms. The zero-order valence-corrected chi connectivity index (χ0v) is 26.2. The summed E-state index contributed by atoms with van der Waals surface area (Å²) in [5.41, 5.74) is 3.04. The maximum atomic E-state index is 2.54. The SMILES string of the molecule is CC(C)c1c2cccc3c2cc2c(cccc12)[Si][Si]c1cccc2c(C(C)C)c4cccc(c4cc12)[Si][Si]3. The van der Waals surface area contributed by atoms with Gasteiger partial charge in [-0.1, -0.05) is 121 Å². The predicted molar refractivity (Wildman–Crippen MR) is 173 cm³/mol. The van der Waals surface area contributed by atoms with Gasteiger partial charge in [-0.3, -0.25) is 0 Å². The Morgan fingerprint density at radius 1 is 0.368 bits per heavy atom. The molecule has 38 heavy (non-hydrogen) atoms. The van der Waals surface area contributed by atoms with E-state index in [-0.39, 0.29) is 0 Å². The zero-order chi connectivity index (χ0) is 26.0. The van der Waals surface area contributed by atoms with Crippen molar-refractivity contribution in [3.05, 3.63) is 96.1 Å². The highest BCUT2D eigenvalue weighted by Gasteiger charge is 2.19. The lowest BCUT2D eigenvalue weighted by molar-refractivity contribution is 0.885. The van der Waals surface area contributed by atoms with Crippen LogP contribution >= 0.6 is 0 Å². The maximum absolute atomic E-state index is 2.54. The van der Waals surface area contributed by atoms with Gasteiger partial charge in [0.25, 0.3) is 0 Å². The minimum Gasteiger partial charge on any atom is -0.0632 e. The molecule has 6 aromatic rings. The Morgan fingerprint density at radius 2 is 0.632 bits per heavy atom. The highest BCUT2D eigenvalue weighted by Crippen LogP contribution is 2.34. The molecular formula is C34H28Si4. The fraction of sp³-hybridized carbons (Fsp3) is 0.176. The van der Waals surface area contributed by atoms with E-state index in [0.717, 1.165) is 36.1 Å². The summed E-state index contributed by atoms with van der Waals surface area (Å²) >= 11 is 0. The fourth-order valence-electron chi connectivity index (χ4n) is 6.35. The van der Waals surface area contributed by atoms with Crippen LogP contribution in [0, 0.1) is 0 Å². The fourth-order valence-corrected chi connectivity index (χ4v) is 13.2. The van der Waals surface area contributed by atoms with Gasteiger partial charge in [0.15, 0.2) is 0 Å². The van der Waals surface area contributed by atoms with Crippen LogP contribution in [0.5, 0.6) is 0 Å². The summed E-state index contributed by atoms with van der Waals surface area (Å²) in [5.74, 6) is 0.970. The van der Waals surface area contributed by atoms with Crippen LogP contribution in [0.4, 0.5) is 0 Å². The van der Waals surface area contributed by atoms with Gasteiger partial charge in [0, 0.05) is 0 Å². The third-order valence-electron chi connectivity index (χ3n) is 7.98. The second kappa shape index (κ2) is 9.45. The average Bonchev–Trinajstić information content (AvgIpc) is 2.91. The molecular weight excluding hydrogens is 521 g/mol. The summed E-state index contributed by atoms with van der Waals surface area (Å²) in [5, 5.41) is 17.7. The molecule has 1 aliphatic rings. The van der Waals surface area contributed by atoms with Crippen LogP contribution in [-0.4, -0.2) is 36.1 Å². The van der Waals surface area contributed by atoms with Crippen molar-refractivity contribution in [3.63, 3.8) is 0 Å². The first-order valence-electron chi connectivity index (χ1n) is 13.5. The van der Waals surface area contributed by atoms with Gasteiger partial charge in [-0.05, 0) is 78.2 Å². The van der Waals surface area contributed by atoms with Crippen LogP contribution in [-0.2, 0) is 0 Å². The van der Waals surface area contributed by atoms with Crippen molar-refractivity contribution in [2.75, 3.05) is 0 Å². The smallest absolute Gasteiger partial charge is 0.0632 e. The van der Waals surface area contributed by atoms with Gasteiger partial charge < -0.3 is 0 Å². The lowest BCUT2D eigenvalue weighted by atomic mass is 9.90. The first kappa shape index (κ1) is 24.3. The minimum atomic E-state index is 0.485. The van der Waals surface area contributed by atoms with Gasteiger partial charge in [0.1, 0.15) is 0 Å². The topological polar surface area (TPSA) is 0 Å². The third kappa shape index (κ3) is 3.81. The van der Waals surface area contributed by atoms with E-state index in [0.29, 0.717) is 11.8 Å². The molecule has 6 aromatic carbocycles. The number of hydrogen-bond donors (Lipinski definition) is 0. The molecule has 0 amide bonds. The molecule has 4 heteroatoms. The first-order chi connectivity index (χ1) is 18.5.